The zero-order chi connectivity index (χ0) is 0. The monoisotopic (exact) mass is 170 g/mol. The largest absolute Gasteiger partial charge is 2.00 e. The second-order valence-electron chi connectivity index (χ2n) is 0. The summed E-state index contributed by atoms with van der Waals surface area (Å²) >= 11 is 0. The molecule has 22 valence electrons. The van der Waals surface area contributed by atoms with Crippen LogP contribution in [0.1, 0.15) is 4.28 Å². The van der Waals surface area contributed by atoms with E-state index in [-0.39, 0.29) is 93.4 Å². The van der Waals surface area contributed by atoms with Gasteiger partial charge >= 0.3 is 64.3 Å². The third kappa shape index (κ3) is 8.82. The molecule has 0 bridgehead atoms. The van der Waals surface area contributed by atoms with E-state index in [1.54, 1.807) is 0 Å². The Bertz CT molecular complexity index is 12.9. The van der Waals surface area contributed by atoms with Crippen LogP contribution in [0.2, 0.25) is 0 Å². The maximum Gasteiger partial charge on any atom is 2.00 e. The number of rotatable bonds is 0. The summed E-state index contributed by atoms with van der Waals surface area (Å²) in [4.78, 5) is 0. The van der Waals surface area contributed by atoms with Crippen LogP contribution in [-0.4, -0.2) is 45.5 Å². The van der Waals surface area contributed by atoms with Crippen molar-refractivity contribution in [1.29, 1.82) is 0 Å². The van der Waals surface area contributed by atoms with Gasteiger partial charge in [-0.1, -0.05) is 0 Å². The Balaban J connectivity index is 0. The molecule has 0 aromatic rings. The van der Waals surface area contributed by atoms with Crippen LogP contribution in [0.15, 0.2) is 0 Å². The maximum absolute atomic E-state index is 0. The zero-order valence-corrected chi connectivity index (χ0v) is 7.63. The van der Waals surface area contributed by atoms with Gasteiger partial charge in [-0.3, -0.25) is 0 Å². The topological polar surface area (TPSA) is 0 Å². The first kappa shape index (κ1) is 30.2. The summed E-state index contributed by atoms with van der Waals surface area (Å²) in [5.74, 6) is 0. The van der Waals surface area contributed by atoms with Crippen LogP contribution in [0.3, 0.4) is 0 Å². The second-order valence-corrected chi connectivity index (χ2v) is 0. The van der Waals surface area contributed by atoms with E-state index in [9.17, 15) is 0 Å². The first-order valence-corrected chi connectivity index (χ1v) is 0. The molecule has 4 heteroatoms. The Morgan fingerprint density at radius 1 is 1.00 bits per heavy atom. The SMILES string of the molecule is Cl.Cl.[H-].[H-].[H-].[Li+].[Sr+2]. The van der Waals surface area contributed by atoms with Crippen LogP contribution in [-0.2, 0) is 0 Å². The minimum Gasteiger partial charge on any atom is -1.00 e. The van der Waals surface area contributed by atoms with Crippen molar-refractivity contribution < 1.29 is 23.1 Å². The molecule has 0 heterocycles. The minimum absolute atomic E-state index is 0. The van der Waals surface area contributed by atoms with Crippen LogP contribution in [0.5, 0.6) is 0 Å². The fraction of sp³-hybridized carbons (Fsp3) is 0. The first-order chi connectivity index (χ1) is 0. The van der Waals surface area contributed by atoms with Crippen molar-refractivity contribution in [3.05, 3.63) is 0 Å². The summed E-state index contributed by atoms with van der Waals surface area (Å²) in [6, 6.07) is 0. The third-order valence-corrected chi connectivity index (χ3v) is 0. The number of halogens is 2. The number of hydrogen-bond donors (Lipinski definition) is 0. The quantitative estimate of drug-likeness (QED) is 0.362. The third-order valence-electron chi connectivity index (χ3n) is 0. The Morgan fingerprint density at radius 3 is 1.00 bits per heavy atom. The molecule has 0 amide bonds. The standard InChI is InChI=1S/2ClH.Li.Sr.3H/h2*1H;;;;;/q;;+1;+2;3*-1. The molecular formula is H5Cl2LiSr. The molecular weight excluding hydrogens is 165 g/mol. The molecule has 0 nitrogen and oxygen atoms in total. The summed E-state index contributed by atoms with van der Waals surface area (Å²) in [7, 11) is 0. The van der Waals surface area contributed by atoms with Crippen molar-refractivity contribution in [3.8, 4) is 0 Å². The molecule has 0 N–H and O–H groups in total. The zero-order valence-electron chi connectivity index (χ0n) is 5.52. The molecule has 0 unspecified atom stereocenters. The molecule has 0 fully saturated rings. The number of hydrogen-bond acceptors (Lipinski definition) is 0. The summed E-state index contributed by atoms with van der Waals surface area (Å²) < 4.78 is 0. The molecule has 0 spiro atoms. The van der Waals surface area contributed by atoms with Crippen molar-refractivity contribution in [2.24, 2.45) is 0 Å². The summed E-state index contributed by atoms with van der Waals surface area (Å²) in [6.45, 7) is 0. The predicted molar refractivity (Wildman–Crippen MR) is 23.6 cm³/mol. The van der Waals surface area contributed by atoms with Crippen LogP contribution in [0.4, 0.5) is 0 Å². The van der Waals surface area contributed by atoms with Gasteiger partial charge in [-0.05, 0) is 0 Å². The van der Waals surface area contributed by atoms with Crippen LogP contribution in [0, 0.1) is 0 Å². The van der Waals surface area contributed by atoms with Gasteiger partial charge in [0.05, 0.1) is 0 Å². The predicted octanol–water partition coefficient (Wildman–Crippen LogP) is -2.20. The van der Waals surface area contributed by atoms with Gasteiger partial charge in [-0.25, -0.2) is 0 Å². The molecule has 0 aliphatic heterocycles. The smallest absolute Gasteiger partial charge is 1.00 e. The van der Waals surface area contributed by atoms with Gasteiger partial charge in [0.25, 0.3) is 0 Å². The van der Waals surface area contributed by atoms with Gasteiger partial charge in [-0.2, -0.15) is 0 Å². The Hall–Kier alpha value is 2.66. The van der Waals surface area contributed by atoms with Gasteiger partial charge in [0.15, 0.2) is 0 Å². The molecule has 0 radical (unpaired) electrons. The molecule has 4 heavy (non-hydrogen) atoms. The molecule has 0 rings (SSSR count). The summed E-state index contributed by atoms with van der Waals surface area (Å²) in [6.07, 6.45) is 0. The van der Waals surface area contributed by atoms with E-state index >= 15 is 0 Å². The summed E-state index contributed by atoms with van der Waals surface area (Å²) in [5.41, 5.74) is 0. The van der Waals surface area contributed by atoms with Gasteiger partial charge in [0.2, 0.25) is 0 Å². The fourth-order valence-electron chi connectivity index (χ4n) is 0. The van der Waals surface area contributed by atoms with Crippen LogP contribution in [0.25, 0.3) is 0 Å². The normalized spacial score (nSPS) is 0. The fourth-order valence-corrected chi connectivity index (χ4v) is 0. The average Bonchev–Trinajstić information content (AvgIpc) is 0. The van der Waals surface area contributed by atoms with E-state index < -0.39 is 0 Å². The van der Waals surface area contributed by atoms with Crippen molar-refractivity contribution >= 4 is 70.3 Å². The maximum atomic E-state index is 0. The molecule has 0 atom stereocenters. The molecule has 0 aliphatic carbocycles. The molecule has 0 saturated carbocycles. The van der Waals surface area contributed by atoms with E-state index in [1.807, 2.05) is 0 Å². The summed E-state index contributed by atoms with van der Waals surface area (Å²) in [5, 5.41) is 0. The molecule has 0 aliphatic rings. The van der Waals surface area contributed by atoms with Gasteiger partial charge in [0, 0.05) is 0 Å². The molecule has 0 aromatic heterocycles. The van der Waals surface area contributed by atoms with Crippen LogP contribution < -0.4 is 18.9 Å². The average molecular weight is 171 g/mol. The first-order valence-electron chi connectivity index (χ1n) is 0. The van der Waals surface area contributed by atoms with Crippen molar-refractivity contribution in [2.75, 3.05) is 0 Å². The van der Waals surface area contributed by atoms with Crippen molar-refractivity contribution in [2.45, 2.75) is 0 Å². The van der Waals surface area contributed by atoms with E-state index in [0.29, 0.717) is 0 Å². The van der Waals surface area contributed by atoms with Crippen LogP contribution >= 0.6 is 24.8 Å². The van der Waals surface area contributed by atoms with E-state index in [4.69, 9.17) is 0 Å². The Morgan fingerprint density at radius 2 is 1.00 bits per heavy atom. The Labute approximate surface area is 91.8 Å². The van der Waals surface area contributed by atoms with E-state index in [2.05, 4.69) is 0 Å². The second kappa shape index (κ2) is 17.4. The molecule has 0 saturated heterocycles. The molecule has 0 aromatic carbocycles. The van der Waals surface area contributed by atoms with E-state index in [0.717, 1.165) is 0 Å². The van der Waals surface area contributed by atoms with Crippen molar-refractivity contribution in [1.82, 2.24) is 0 Å². The van der Waals surface area contributed by atoms with Gasteiger partial charge < -0.3 is 4.28 Å². The minimum atomic E-state index is 0. The van der Waals surface area contributed by atoms with Gasteiger partial charge in [0.1, 0.15) is 0 Å². The Kier molecular flexibility index (Phi) is 131. The van der Waals surface area contributed by atoms with E-state index in [1.165, 1.54) is 0 Å². The van der Waals surface area contributed by atoms with Gasteiger partial charge in [-0.15, -0.1) is 24.8 Å². The van der Waals surface area contributed by atoms with Crippen molar-refractivity contribution in [3.63, 3.8) is 0 Å².